The molecule has 0 bridgehead atoms. The Balaban J connectivity index is 0.000000142. The van der Waals surface area contributed by atoms with Crippen molar-refractivity contribution < 1.29 is 27.4 Å². The predicted octanol–water partition coefficient (Wildman–Crippen LogP) is 8.47. The molecule has 8 rings (SSSR count). The molecule has 51 heavy (non-hydrogen) atoms. The van der Waals surface area contributed by atoms with E-state index in [0.717, 1.165) is 61.3 Å². The van der Waals surface area contributed by atoms with Crippen LogP contribution in [0.25, 0.3) is 0 Å². The first kappa shape index (κ1) is 39.7. The molecule has 2 atom stereocenters. The standard InChI is InChI=1S/C16H21O2S.C14H17OS.C8H7FO.C4H8FS/c1-13-4-6-14(7-5-13)15(17)16(8-9-18-12-16)19-10-2-3-11-19;15-14-12-6-2-1-5-11(12)7-8-13(14)16-9-3-4-10-16;9-6-8(10)7-4-2-1-3-5-7;5-6-3-1-2-4-6/h4-7H,2-3,8-12H2,1H3;1-2,5-6,13H,3-4,7-10H2;1-5H,6H2;1-4H2/q2*+1;;+1. The SMILES string of the molecule is Cc1ccc(C(=O)C2([S+]3CCCC3)CCOC2)cc1.F[S+]1CCCC1.O=C(CF)c1ccccc1.O=C1c2ccccc2CCC1[S+]1CCCC1. The summed E-state index contributed by atoms with van der Waals surface area (Å²) in [6.45, 7) is 2.54. The highest BCUT2D eigenvalue weighted by Gasteiger charge is 2.57. The van der Waals surface area contributed by atoms with Crippen molar-refractivity contribution in [1.82, 2.24) is 0 Å². The smallest absolute Gasteiger partial charge is 0.220 e. The number of hydrogen-bond donors (Lipinski definition) is 0. The lowest BCUT2D eigenvalue weighted by molar-refractivity contribution is 0.0922. The summed E-state index contributed by atoms with van der Waals surface area (Å²) in [5, 5.41) is 0.359. The summed E-state index contributed by atoms with van der Waals surface area (Å²) in [4.78, 5) is 36.0. The summed E-state index contributed by atoms with van der Waals surface area (Å²) < 4.78 is 29.1. The molecule has 2 unspecified atom stereocenters. The van der Waals surface area contributed by atoms with E-state index >= 15 is 0 Å². The molecule has 0 radical (unpaired) electrons. The maximum Gasteiger partial charge on any atom is 0.220 e. The molecular formula is C42H53F2O4S3+3. The fourth-order valence-electron chi connectivity index (χ4n) is 7.27. The van der Waals surface area contributed by atoms with Gasteiger partial charge in [0.2, 0.25) is 27.6 Å². The maximum atomic E-state index is 13.0. The second-order valence-corrected chi connectivity index (χ2v) is 20.5. The number of alkyl halides is 1. The fourth-order valence-corrected chi connectivity index (χ4v) is 14.4. The Labute approximate surface area is 312 Å². The lowest BCUT2D eigenvalue weighted by atomic mass is 9.90. The van der Waals surface area contributed by atoms with Crippen molar-refractivity contribution in [3.8, 4) is 0 Å². The molecule has 1 aliphatic carbocycles. The molecule has 0 amide bonds. The summed E-state index contributed by atoms with van der Waals surface area (Å²) in [7, 11) is 0.628. The van der Waals surface area contributed by atoms with Gasteiger partial charge in [0.05, 0.1) is 6.61 Å². The van der Waals surface area contributed by atoms with Gasteiger partial charge in [0, 0.05) is 57.2 Å². The van der Waals surface area contributed by atoms with Crippen LogP contribution in [0.5, 0.6) is 0 Å². The van der Waals surface area contributed by atoms with E-state index in [4.69, 9.17) is 4.74 Å². The summed E-state index contributed by atoms with van der Waals surface area (Å²) in [6, 6.07) is 24.6. The van der Waals surface area contributed by atoms with Gasteiger partial charge in [0.1, 0.15) is 41.1 Å². The lowest BCUT2D eigenvalue weighted by Gasteiger charge is -2.24. The van der Waals surface area contributed by atoms with Crippen LogP contribution < -0.4 is 0 Å². The van der Waals surface area contributed by atoms with Crippen molar-refractivity contribution in [3.05, 3.63) is 107 Å². The topological polar surface area (TPSA) is 60.4 Å². The Kier molecular flexibility index (Phi) is 15.7. The van der Waals surface area contributed by atoms with E-state index in [1.54, 1.807) is 30.3 Å². The normalized spacial score (nSPS) is 23.3. The second-order valence-electron chi connectivity index (χ2n) is 13.8. The highest BCUT2D eigenvalue weighted by atomic mass is 32.2. The Bertz CT molecular complexity index is 1540. The van der Waals surface area contributed by atoms with E-state index in [-0.39, 0.29) is 15.6 Å². The number of ketones is 3. The Morgan fingerprint density at radius 1 is 0.784 bits per heavy atom. The third kappa shape index (κ3) is 10.8. The Morgan fingerprint density at radius 3 is 1.98 bits per heavy atom. The summed E-state index contributed by atoms with van der Waals surface area (Å²) >= 11 is -0.673. The van der Waals surface area contributed by atoms with Gasteiger partial charge >= 0.3 is 0 Å². The number of hydrogen-bond acceptors (Lipinski definition) is 4. The number of fused-ring (bicyclic) bond motifs is 1. The van der Waals surface area contributed by atoms with Gasteiger partial charge in [-0.1, -0.05) is 84.4 Å². The van der Waals surface area contributed by atoms with E-state index in [1.165, 1.54) is 59.8 Å². The molecule has 4 nitrogen and oxygen atoms in total. The molecule has 9 heteroatoms. The van der Waals surface area contributed by atoms with Gasteiger partial charge in [-0.25, -0.2) is 4.39 Å². The molecule has 4 fully saturated rings. The van der Waals surface area contributed by atoms with Gasteiger partial charge in [0.25, 0.3) is 0 Å². The van der Waals surface area contributed by atoms with Crippen molar-refractivity contribution in [2.24, 2.45) is 0 Å². The number of ether oxygens (including phenoxy) is 1. The summed E-state index contributed by atoms with van der Waals surface area (Å²) in [5.41, 5.74) is 4.79. The number of aryl methyl sites for hydroxylation is 2. The zero-order chi connectivity index (χ0) is 36.1. The highest BCUT2D eigenvalue weighted by Crippen LogP contribution is 2.38. The van der Waals surface area contributed by atoms with Gasteiger partial charge < -0.3 is 4.74 Å². The first-order chi connectivity index (χ1) is 24.8. The van der Waals surface area contributed by atoms with Gasteiger partial charge in [-0.3, -0.25) is 14.4 Å². The molecule has 0 aromatic heterocycles. The minimum absolute atomic E-state index is 0.203. The van der Waals surface area contributed by atoms with Crippen LogP contribution in [0, 0.1) is 6.92 Å². The van der Waals surface area contributed by atoms with Crippen LogP contribution in [0.2, 0.25) is 0 Å². The molecular weight excluding hydrogens is 703 g/mol. The van der Waals surface area contributed by atoms with E-state index in [2.05, 4.69) is 13.0 Å². The summed E-state index contributed by atoms with van der Waals surface area (Å²) in [6.07, 6.45) is 10.6. The molecule has 5 aliphatic rings. The van der Waals surface area contributed by atoms with Crippen molar-refractivity contribution in [3.63, 3.8) is 0 Å². The van der Waals surface area contributed by atoms with Crippen molar-refractivity contribution >= 4 is 50.4 Å². The van der Waals surface area contributed by atoms with Gasteiger partial charge in [-0.05, 0) is 55.5 Å². The number of Topliss-reactive ketones (excluding diaryl/α,β-unsaturated/α-hetero) is 3. The second kappa shape index (κ2) is 20.1. The molecule has 3 aromatic rings. The molecule has 274 valence electrons. The number of carbonyl (C=O) groups excluding carboxylic acids is 3. The number of carbonyl (C=O) groups is 3. The monoisotopic (exact) mass is 755 g/mol. The Morgan fingerprint density at radius 2 is 1.39 bits per heavy atom. The quantitative estimate of drug-likeness (QED) is 0.187. The van der Waals surface area contributed by atoms with Crippen molar-refractivity contribution in [1.29, 1.82) is 0 Å². The van der Waals surface area contributed by atoms with E-state index in [9.17, 15) is 22.7 Å². The van der Waals surface area contributed by atoms with Gasteiger partial charge in [0.15, 0.2) is 17.7 Å². The van der Waals surface area contributed by atoms with Crippen LogP contribution >= 0.6 is 0 Å². The van der Waals surface area contributed by atoms with Crippen LogP contribution in [-0.2, 0) is 44.2 Å². The lowest BCUT2D eigenvalue weighted by Crippen LogP contribution is -2.48. The van der Waals surface area contributed by atoms with Gasteiger partial charge in [-0.15, -0.1) is 0 Å². The third-order valence-electron chi connectivity index (χ3n) is 10.2. The largest absolute Gasteiger partial charge is 0.375 e. The van der Waals surface area contributed by atoms with Crippen LogP contribution in [0.1, 0.15) is 93.6 Å². The van der Waals surface area contributed by atoms with Crippen LogP contribution in [-0.4, -0.2) is 81.8 Å². The number of rotatable bonds is 6. The zero-order valence-corrected chi connectivity index (χ0v) is 32.4. The minimum Gasteiger partial charge on any atom is -0.375 e. The highest BCUT2D eigenvalue weighted by molar-refractivity contribution is 7.99. The van der Waals surface area contributed by atoms with Gasteiger partial charge in [-0.2, -0.15) is 0 Å². The summed E-state index contributed by atoms with van der Waals surface area (Å²) in [5.74, 6) is 7.06. The average Bonchev–Trinajstić information content (AvgIpc) is 4.02. The predicted molar refractivity (Wildman–Crippen MR) is 213 cm³/mol. The average molecular weight is 756 g/mol. The van der Waals surface area contributed by atoms with Crippen molar-refractivity contribution in [2.75, 3.05) is 54.4 Å². The van der Waals surface area contributed by atoms with E-state index < -0.39 is 23.7 Å². The zero-order valence-electron chi connectivity index (χ0n) is 29.9. The minimum atomic E-state index is -0.913. The first-order valence-corrected chi connectivity index (χ1v) is 23.1. The number of benzene rings is 3. The fraction of sp³-hybridized carbons (Fsp3) is 0.500. The first-order valence-electron chi connectivity index (χ1n) is 18.5. The molecule has 0 N–H and O–H groups in total. The van der Waals surface area contributed by atoms with Crippen LogP contribution in [0.15, 0.2) is 78.9 Å². The molecule has 4 saturated heterocycles. The van der Waals surface area contributed by atoms with Crippen molar-refractivity contribution in [2.45, 2.75) is 74.7 Å². The number of halogens is 2. The molecule has 4 heterocycles. The third-order valence-corrected chi connectivity index (χ3v) is 17.7. The molecule has 4 aliphatic heterocycles. The molecule has 0 saturated carbocycles. The van der Waals surface area contributed by atoms with E-state index in [1.807, 2.05) is 42.5 Å². The molecule has 0 spiro atoms. The van der Waals surface area contributed by atoms with Crippen LogP contribution in [0.4, 0.5) is 8.28 Å². The Hall–Kier alpha value is -2.46. The molecule has 3 aromatic carbocycles. The van der Waals surface area contributed by atoms with Crippen LogP contribution in [0.3, 0.4) is 0 Å². The maximum absolute atomic E-state index is 13.0. The van der Waals surface area contributed by atoms with E-state index in [0.29, 0.717) is 39.9 Å².